The first kappa shape index (κ1) is 18.2. The van der Waals surface area contributed by atoms with E-state index in [0.29, 0.717) is 11.4 Å². The highest BCUT2D eigenvalue weighted by Gasteiger charge is 2.26. The van der Waals surface area contributed by atoms with Crippen molar-refractivity contribution in [2.24, 2.45) is 0 Å². The monoisotopic (exact) mass is 337 g/mol. The van der Waals surface area contributed by atoms with Gasteiger partial charge in [-0.1, -0.05) is 39.1 Å². The molecular weight excluding hydrogens is 314 g/mol. The maximum atomic E-state index is 9.65. The quantitative estimate of drug-likeness (QED) is 0.758. The molecule has 0 radical (unpaired) electrons. The second-order valence-electron chi connectivity index (χ2n) is 5.24. The van der Waals surface area contributed by atoms with Crippen molar-refractivity contribution in [1.82, 2.24) is 5.32 Å². The Hall–Kier alpha value is -3.14. The van der Waals surface area contributed by atoms with Crippen molar-refractivity contribution >= 4 is 11.6 Å². The van der Waals surface area contributed by atoms with E-state index in [0.717, 1.165) is 16.7 Å². The van der Waals surface area contributed by atoms with Crippen molar-refractivity contribution in [1.29, 1.82) is 0 Å². The number of benzene rings is 2. The SMILES string of the molecule is C=CNC(=C)C1Oc2cc(O)ccc2C=C1c1ccc(O)cc1.CC. The summed E-state index contributed by atoms with van der Waals surface area (Å²) in [5.74, 6) is 0.937. The minimum absolute atomic E-state index is 0.145. The average molecular weight is 337 g/mol. The van der Waals surface area contributed by atoms with Crippen molar-refractivity contribution in [2.75, 3.05) is 0 Å². The van der Waals surface area contributed by atoms with E-state index in [1.165, 1.54) is 6.20 Å². The zero-order valence-electron chi connectivity index (χ0n) is 14.5. The van der Waals surface area contributed by atoms with Gasteiger partial charge in [-0.2, -0.15) is 0 Å². The molecule has 4 nitrogen and oxygen atoms in total. The minimum atomic E-state index is -0.438. The van der Waals surface area contributed by atoms with Crippen LogP contribution < -0.4 is 10.1 Å². The average Bonchev–Trinajstić information content (AvgIpc) is 2.63. The molecule has 130 valence electrons. The smallest absolute Gasteiger partial charge is 0.163 e. The van der Waals surface area contributed by atoms with E-state index >= 15 is 0 Å². The third-order valence-corrected chi connectivity index (χ3v) is 3.64. The lowest BCUT2D eigenvalue weighted by Gasteiger charge is -2.29. The Morgan fingerprint density at radius 1 is 1.08 bits per heavy atom. The highest BCUT2D eigenvalue weighted by Crippen LogP contribution is 2.38. The molecule has 3 rings (SSSR count). The number of ether oxygens (including phenoxy) is 1. The molecule has 2 aromatic rings. The highest BCUT2D eigenvalue weighted by molar-refractivity contribution is 5.89. The molecule has 0 amide bonds. The molecule has 0 spiro atoms. The lowest BCUT2D eigenvalue weighted by Crippen LogP contribution is -2.29. The molecule has 25 heavy (non-hydrogen) atoms. The molecule has 0 saturated carbocycles. The molecule has 1 aliphatic heterocycles. The van der Waals surface area contributed by atoms with Gasteiger partial charge in [-0.25, -0.2) is 0 Å². The zero-order valence-corrected chi connectivity index (χ0v) is 14.5. The predicted molar refractivity (Wildman–Crippen MR) is 102 cm³/mol. The van der Waals surface area contributed by atoms with Crippen LogP contribution in [0, 0.1) is 0 Å². The van der Waals surface area contributed by atoms with Crippen molar-refractivity contribution in [3.63, 3.8) is 0 Å². The summed E-state index contributed by atoms with van der Waals surface area (Å²) in [7, 11) is 0. The number of hydrogen-bond donors (Lipinski definition) is 3. The van der Waals surface area contributed by atoms with Crippen LogP contribution in [0.25, 0.3) is 11.6 Å². The molecular formula is C21H23NO3. The van der Waals surface area contributed by atoms with E-state index in [4.69, 9.17) is 4.74 Å². The van der Waals surface area contributed by atoms with Gasteiger partial charge in [0.15, 0.2) is 6.10 Å². The van der Waals surface area contributed by atoms with Gasteiger partial charge in [-0.05, 0) is 42.1 Å². The molecule has 1 aliphatic rings. The van der Waals surface area contributed by atoms with Gasteiger partial charge in [-0.3, -0.25) is 0 Å². The van der Waals surface area contributed by atoms with Crippen molar-refractivity contribution in [2.45, 2.75) is 20.0 Å². The first-order valence-electron chi connectivity index (χ1n) is 8.15. The van der Waals surface area contributed by atoms with Gasteiger partial charge in [-0.15, -0.1) is 0 Å². The number of phenols is 2. The summed E-state index contributed by atoms with van der Waals surface area (Å²) in [4.78, 5) is 0. The van der Waals surface area contributed by atoms with E-state index in [9.17, 15) is 10.2 Å². The number of rotatable bonds is 4. The standard InChI is InChI=1S/C19H17NO3.C2H6/c1-3-20-12(2)19-17(13-4-7-15(21)8-5-13)10-14-6-9-16(22)11-18(14)23-19;1-2/h3-11,19-22H,1-2H2;1-2H3. The van der Waals surface area contributed by atoms with Gasteiger partial charge in [0.05, 0.1) is 5.70 Å². The zero-order chi connectivity index (χ0) is 18.4. The second kappa shape index (κ2) is 8.11. The fraction of sp³-hybridized carbons (Fsp3) is 0.143. The lowest BCUT2D eigenvalue weighted by molar-refractivity contribution is 0.282. The van der Waals surface area contributed by atoms with Crippen LogP contribution in [0.4, 0.5) is 0 Å². The number of nitrogens with one attached hydrogen (secondary N) is 1. The van der Waals surface area contributed by atoms with E-state index < -0.39 is 6.10 Å². The molecule has 1 heterocycles. The Labute approximate surface area is 148 Å². The summed E-state index contributed by atoms with van der Waals surface area (Å²) >= 11 is 0. The maximum Gasteiger partial charge on any atom is 0.163 e. The van der Waals surface area contributed by atoms with Gasteiger partial charge in [0.25, 0.3) is 0 Å². The van der Waals surface area contributed by atoms with Crippen LogP contribution in [0.15, 0.2) is 67.5 Å². The highest BCUT2D eigenvalue weighted by atomic mass is 16.5. The summed E-state index contributed by atoms with van der Waals surface area (Å²) in [5, 5.41) is 22.1. The summed E-state index contributed by atoms with van der Waals surface area (Å²) in [6.45, 7) is 11.6. The summed E-state index contributed by atoms with van der Waals surface area (Å²) < 4.78 is 6.02. The Bertz CT molecular complexity index is 791. The van der Waals surface area contributed by atoms with E-state index in [-0.39, 0.29) is 11.5 Å². The number of aromatic hydroxyl groups is 2. The Morgan fingerprint density at radius 2 is 1.72 bits per heavy atom. The molecule has 1 unspecified atom stereocenters. The van der Waals surface area contributed by atoms with Crippen molar-refractivity contribution in [3.05, 3.63) is 78.6 Å². The predicted octanol–water partition coefficient (Wildman–Crippen LogP) is 4.67. The lowest BCUT2D eigenvalue weighted by atomic mass is 9.93. The fourth-order valence-corrected chi connectivity index (χ4v) is 2.53. The van der Waals surface area contributed by atoms with Crippen LogP contribution in [0.3, 0.4) is 0 Å². The van der Waals surface area contributed by atoms with Crippen LogP contribution in [0.5, 0.6) is 17.2 Å². The molecule has 0 bridgehead atoms. The second-order valence-corrected chi connectivity index (χ2v) is 5.24. The summed E-state index contributed by atoms with van der Waals surface area (Å²) in [6.07, 6.45) is 3.09. The van der Waals surface area contributed by atoms with Crippen LogP contribution in [-0.4, -0.2) is 16.3 Å². The van der Waals surface area contributed by atoms with Crippen LogP contribution >= 0.6 is 0 Å². The first-order valence-corrected chi connectivity index (χ1v) is 8.15. The van der Waals surface area contributed by atoms with Crippen molar-refractivity contribution < 1.29 is 14.9 Å². The molecule has 0 aromatic heterocycles. The van der Waals surface area contributed by atoms with E-state index in [2.05, 4.69) is 18.5 Å². The number of fused-ring (bicyclic) bond motifs is 1. The molecule has 0 saturated heterocycles. The minimum Gasteiger partial charge on any atom is -0.508 e. The normalized spacial score (nSPS) is 14.8. The largest absolute Gasteiger partial charge is 0.508 e. The topological polar surface area (TPSA) is 61.7 Å². The van der Waals surface area contributed by atoms with Gasteiger partial charge >= 0.3 is 0 Å². The molecule has 0 fully saturated rings. The molecule has 2 aromatic carbocycles. The van der Waals surface area contributed by atoms with Crippen LogP contribution in [-0.2, 0) is 0 Å². The Morgan fingerprint density at radius 3 is 2.36 bits per heavy atom. The van der Waals surface area contributed by atoms with Crippen LogP contribution in [0.2, 0.25) is 0 Å². The fourth-order valence-electron chi connectivity index (χ4n) is 2.53. The third-order valence-electron chi connectivity index (χ3n) is 3.64. The maximum absolute atomic E-state index is 9.65. The first-order chi connectivity index (χ1) is 12.1. The Balaban J connectivity index is 0.00000109. The molecule has 4 heteroatoms. The van der Waals surface area contributed by atoms with Crippen LogP contribution in [0.1, 0.15) is 25.0 Å². The summed E-state index contributed by atoms with van der Waals surface area (Å²) in [5.41, 5.74) is 3.32. The number of phenolic OH excluding ortho intramolecular Hbond substituents is 2. The van der Waals surface area contributed by atoms with Crippen molar-refractivity contribution in [3.8, 4) is 17.2 Å². The van der Waals surface area contributed by atoms with Gasteiger partial charge in [0.1, 0.15) is 17.2 Å². The Kier molecular flexibility index (Phi) is 5.90. The van der Waals surface area contributed by atoms with Gasteiger partial charge in [0.2, 0.25) is 0 Å². The molecule has 1 atom stereocenters. The van der Waals surface area contributed by atoms with Gasteiger partial charge in [0, 0.05) is 17.2 Å². The number of hydrogen-bond acceptors (Lipinski definition) is 4. The third kappa shape index (κ3) is 4.04. The van der Waals surface area contributed by atoms with E-state index in [1.54, 1.807) is 30.3 Å². The molecule has 0 aliphatic carbocycles. The summed E-state index contributed by atoms with van der Waals surface area (Å²) in [6, 6.07) is 11.9. The van der Waals surface area contributed by atoms with E-state index in [1.807, 2.05) is 32.1 Å². The molecule has 3 N–H and O–H groups in total. The van der Waals surface area contributed by atoms with Gasteiger partial charge < -0.3 is 20.3 Å².